The second-order valence-corrected chi connectivity index (χ2v) is 6.53. The van der Waals surface area contributed by atoms with Crippen LogP contribution in [0.15, 0.2) is 53.6 Å². The van der Waals surface area contributed by atoms with Crippen molar-refractivity contribution >= 4 is 0 Å². The first-order valence-electron chi connectivity index (χ1n) is 8.49. The molecule has 1 aromatic carbocycles. The Morgan fingerprint density at radius 3 is 2.96 bits per heavy atom. The van der Waals surface area contributed by atoms with Crippen LogP contribution in [0.2, 0.25) is 0 Å². The number of pyridine rings is 1. The highest BCUT2D eigenvalue weighted by Gasteiger charge is 2.21. The average Bonchev–Trinajstić information content (AvgIpc) is 2.62. The molecule has 0 spiro atoms. The molecule has 0 saturated carbocycles. The molecule has 0 fully saturated rings. The van der Waals surface area contributed by atoms with E-state index in [1.54, 1.807) is 12.4 Å². The molecule has 1 aliphatic heterocycles. The summed E-state index contributed by atoms with van der Waals surface area (Å²) >= 11 is 0. The quantitative estimate of drug-likeness (QED) is 0.801. The summed E-state index contributed by atoms with van der Waals surface area (Å²) in [4.78, 5) is 26.5. The summed E-state index contributed by atoms with van der Waals surface area (Å²) in [5.74, 6) is 0.592. The fourth-order valence-corrected chi connectivity index (χ4v) is 3.34. The summed E-state index contributed by atoms with van der Waals surface area (Å²) in [5, 5.41) is 0. The molecule has 0 amide bonds. The van der Waals surface area contributed by atoms with E-state index in [-0.39, 0.29) is 5.56 Å². The number of hydrogen-bond acceptors (Lipinski definition) is 4. The summed E-state index contributed by atoms with van der Waals surface area (Å²) in [6, 6.07) is 12.3. The van der Waals surface area contributed by atoms with Gasteiger partial charge in [0.25, 0.3) is 5.56 Å². The van der Waals surface area contributed by atoms with Crippen LogP contribution >= 0.6 is 0 Å². The number of nitrogens with one attached hydrogen (secondary N) is 1. The van der Waals surface area contributed by atoms with Crippen LogP contribution in [-0.2, 0) is 19.5 Å². The van der Waals surface area contributed by atoms with E-state index in [1.807, 2.05) is 12.1 Å². The van der Waals surface area contributed by atoms with Crippen molar-refractivity contribution in [3.63, 3.8) is 0 Å². The molecule has 1 N–H and O–H groups in total. The molecule has 5 heteroatoms. The van der Waals surface area contributed by atoms with E-state index in [0.29, 0.717) is 12.4 Å². The van der Waals surface area contributed by atoms with Crippen LogP contribution in [0.3, 0.4) is 0 Å². The van der Waals surface area contributed by atoms with Gasteiger partial charge in [-0.05, 0) is 31.0 Å². The first-order valence-corrected chi connectivity index (χ1v) is 8.49. The van der Waals surface area contributed by atoms with Gasteiger partial charge in [-0.1, -0.05) is 29.8 Å². The van der Waals surface area contributed by atoms with Gasteiger partial charge in [0, 0.05) is 43.2 Å². The van der Waals surface area contributed by atoms with Crippen LogP contribution in [0, 0.1) is 6.92 Å². The zero-order chi connectivity index (χ0) is 17.2. The van der Waals surface area contributed by atoms with Crippen LogP contribution in [0.25, 0.3) is 11.4 Å². The summed E-state index contributed by atoms with van der Waals surface area (Å²) in [5.41, 5.74) is 5.05. The van der Waals surface area contributed by atoms with Gasteiger partial charge in [0.05, 0.1) is 5.69 Å². The third-order valence-corrected chi connectivity index (χ3v) is 4.58. The van der Waals surface area contributed by atoms with Gasteiger partial charge >= 0.3 is 0 Å². The second-order valence-electron chi connectivity index (χ2n) is 6.53. The highest BCUT2D eigenvalue weighted by atomic mass is 16.1. The highest BCUT2D eigenvalue weighted by Crippen LogP contribution is 2.19. The van der Waals surface area contributed by atoms with E-state index in [9.17, 15) is 4.79 Å². The van der Waals surface area contributed by atoms with Crippen molar-refractivity contribution in [1.29, 1.82) is 0 Å². The van der Waals surface area contributed by atoms with Crippen molar-refractivity contribution in [2.45, 2.75) is 26.4 Å². The predicted octanol–water partition coefficient (Wildman–Crippen LogP) is 2.70. The maximum Gasteiger partial charge on any atom is 0.254 e. The highest BCUT2D eigenvalue weighted by molar-refractivity contribution is 5.53. The van der Waals surface area contributed by atoms with Crippen LogP contribution in [0.4, 0.5) is 0 Å². The van der Waals surface area contributed by atoms with Gasteiger partial charge in [-0.15, -0.1) is 0 Å². The van der Waals surface area contributed by atoms with Gasteiger partial charge in [0.1, 0.15) is 5.82 Å². The summed E-state index contributed by atoms with van der Waals surface area (Å²) in [7, 11) is 0. The van der Waals surface area contributed by atoms with E-state index in [4.69, 9.17) is 4.98 Å². The molecule has 25 heavy (non-hydrogen) atoms. The van der Waals surface area contributed by atoms with Crippen LogP contribution in [-0.4, -0.2) is 26.4 Å². The molecule has 1 aliphatic rings. The number of benzene rings is 1. The molecule has 0 saturated heterocycles. The van der Waals surface area contributed by atoms with E-state index in [0.717, 1.165) is 36.3 Å². The minimum absolute atomic E-state index is 0.0286. The lowest BCUT2D eigenvalue weighted by molar-refractivity contribution is 0.240. The first kappa shape index (κ1) is 15.7. The Bertz CT molecular complexity index is 949. The fraction of sp³-hybridized carbons (Fsp3) is 0.250. The van der Waals surface area contributed by atoms with Crippen molar-refractivity contribution in [3.8, 4) is 11.4 Å². The normalized spacial score (nSPS) is 14.3. The monoisotopic (exact) mass is 332 g/mol. The maximum absolute atomic E-state index is 12.4. The van der Waals surface area contributed by atoms with Crippen LogP contribution in [0.1, 0.15) is 22.4 Å². The topological polar surface area (TPSA) is 61.9 Å². The zero-order valence-corrected chi connectivity index (χ0v) is 14.2. The molecule has 0 aliphatic carbocycles. The smallest absolute Gasteiger partial charge is 0.254 e. The van der Waals surface area contributed by atoms with Crippen LogP contribution < -0.4 is 5.56 Å². The first-order chi connectivity index (χ1) is 12.2. The molecule has 2 aromatic heterocycles. The van der Waals surface area contributed by atoms with Crippen molar-refractivity contribution in [2.75, 3.05) is 6.54 Å². The molecular formula is C20H20N4O. The third-order valence-electron chi connectivity index (χ3n) is 4.58. The molecule has 0 unspecified atom stereocenters. The lowest BCUT2D eigenvalue weighted by Crippen LogP contribution is -2.35. The molecule has 0 radical (unpaired) electrons. The Balaban J connectivity index is 1.61. The lowest BCUT2D eigenvalue weighted by Gasteiger charge is -2.27. The van der Waals surface area contributed by atoms with E-state index in [2.05, 4.69) is 46.1 Å². The lowest BCUT2D eigenvalue weighted by atomic mass is 10.0. The number of aryl methyl sites for hydroxylation is 1. The molecule has 126 valence electrons. The van der Waals surface area contributed by atoms with Gasteiger partial charge in [-0.2, -0.15) is 0 Å². The standard InChI is InChI=1S/C20H20N4O/c1-14-4-2-5-15(10-14)12-24-9-7-17-18(13-24)22-19(23-20(17)25)16-6-3-8-21-11-16/h2-6,8,10-11H,7,9,12-13H2,1H3,(H,22,23,25). The van der Waals surface area contributed by atoms with Crippen molar-refractivity contribution < 1.29 is 0 Å². The molecule has 0 bridgehead atoms. The Labute approximate surface area is 146 Å². The van der Waals surface area contributed by atoms with Gasteiger partial charge in [-0.25, -0.2) is 4.98 Å². The van der Waals surface area contributed by atoms with E-state index in [1.165, 1.54) is 11.1 Å². The van der Waals surface area contributed by atoms with E-state index < -0.39 is 0 Å². The zero-order valence-electron chi connectivity index (χ0n) is 14.2. The Hall–Kier alpha value is -2.79. The summed E-state index contributed by atoms with van der Waals surface area (Å²) in [6.45, 7) is 4.55. The maximum atomic E-state index is 12.4. The number of rotatable bonds is 3. The van der Waals surface area contributed by atoms with E-state index >= 15 is 0 Å². The minimum atomic E-state index is -0.0286. The number of hydrogen-bond donors (Lipinski definition) is 1. The molecule has 3 heterocycles. The van der Waals surface area contributed by atoms with Gasteiger partial charge in [0.15, 0.2) is 0 Å². The number of aromatic amines is 1. The number of fused-ring (bicyclic) bond motifs is 1. The van der Waals surface area contributed by atoms with Gasteiger partial charge < -0.3 is 4.98 Å². The molecule has 4 rings (SSSR count). The van der Waals surface area contributed by atoms with Gasteiger partial charge in [-0.3, -0.25) is 14.7 Å². The largest absolute Gasteiger partial charge is 0.306 e. The summed E-state index contributed by atoms with van der Waals surface area (Å²) < 4.78 is 0. The molecule has 5 nitrogen and oxygen atoms in total. The molecular weight excluding hydrogens is 312 g/mol. The van der Waals surface area contributed by atoms with Crippen molar-refractivity contribution in [3.05, 3.63) is 81.5 Å². The van der Waals surface area contributed by atoms with Crippen LogP contribution in [0.5, 0.6) is 0 Å². The minimum Gasteiger partial charge on any atom is -0.306 e. The number of aromatic nitrogens is 3. The summed E-state index contributed by atoms with van der Waals surface area (Å²) in [6.07, 6.45) is 4.17. The number of H-pyrrole nitrogens is 1. The Kier molecular flexibility index (Phi) is 4.15. The Morgan fingerprint density at radius 2 is 2.16 bits per heavy atom. The third kappa shape index (κ3) is 3.37. The second kappa shape index (κ2) is 6.61. The predicted molar refractivity (Wildman–Crippen MR) is 97.1 cm³/mol. The van der Waals surface area contributed by atoms with Crippen molar-refractivity contribution in [2.24, 2.45) is 0 Å². The van der Waals surface area contributed by atoms with Gasteiger partial charge in [0.2, 0.25) is 0 Å². The molecule has 3 aromatic rings. The SMILES string of the molecule is Cc1cccc(CN2CCc3c(nc(-c4cccnc4)[nH]c3=O)C2)c1. The average molecular weight is 332 g/mol. The van der Waals surface area contributed by atoms with Crippen molar-refractivity contribution in [1.82, 2.24) is 19.9 Å². The Morgan fingerprint density at radius 1 is 1.24 bits per heavy atom. The molecule has 0 atom stereocenters. The fourth-order valence-electron chi connectivity index (χ4n) is 3.34. The number of nitrogens with zero attached hydrogens (tertiary/aromatic N) is 3.